The molecule has 0 unspecified atom stereocenters. The summed E-state index contributed by atoms with van der Waals surface area (Å²) < 4.78 is 22.3. The number of azo groups is 1. The molecule has 0 heterocycles. The average molecular weight is 305 g/mol. The van der Waals surface area contributed by atoms with Crippen LogP contribution in [-0.4, -0.2) is 13.5 Å². The van der Waals surface area contributed by atoms with E-state index in [1.54, 1.807) is 13.0 Å². The molecule has 0 saturated heterocycles. The standard InChI is InChI=1S/C14H15N3O3S/c1-9-7-10(2)14(18)13(8-9)17-16-11-3-5-12(6-4-11)21(15,19)20/h3-8,18H,1-2H3,(H2,15,19,20). The van der Waals surface area contributed by atoms with Gasteiger partial charge in [-0.25, -0.2) is 13.6 Å². The fourth-order valence-electron chi connectivity index (χ4n) is 1.83. The van der Waals surface area contributed by atoms with Gasteiger partial charge in [0.1, 0.15) is 11.4 Å². The van der Waals surface area contributed by atoms with Crippen molar-refractivity contribution < 1.29 is 13.5 Å². The van der Waals surface area contributed by atoms with Crippen molar-refractivity contribution in [1.29, 1.82) is 0 Å². The van der Waals surface area contributed by atoms with Crippen molar-refractivity contribution in [3.63, 3.8) is 0 Å². The number of aryl methyl sites for hydroxylation is 2. The van der Waals surface area contributed by atoms with E-state index in [9.17, 15) is 13.5 Å². The second kappa shape index (κ2) is 5.63. The third-order valence-corrected chi connectivity index (χ3v) is 3.79. The van der Waals surface area contributed by atoms with Gasteiger partial charge in [-0.05, 0) is 55.3 Å². The highest BCUT2D eigenvalue weighted by molar-refractivity contribution is 7.89. The summed E-state index contributed by atoms with van der Waals surface area (Å²) in [4.78, 5) is 0.00990. The molecule has 0 bridgehead atoms. The highest BCUT2D eigenvalue weighted by Gasteiger charge is 2.07. The molecule has 3 N–H and O–H groups in total. The molecule has 0 radical (unpaired) electrons. The van der Waals surface area contributed by atoms with E-state index in [1.165, 1.54) is 24.3 Å². The molecule has 0 aliphatic carbocycles. The molecule has 6 nitrogen and oxygen atoms in total. The van der Waals surface area contributed by atoms with E-state index in [1.807, 2.05) is 13.0 Å². The highest BCUT2D eigenvalue weighted by atomic mass is 32.2. The maximum Gasteiger partial charge on any atom is 0.238 e. The fourth-order valence-corrected chi connectivity index (χ4v) is 2.34. The van der Waals surface area contributed by atoms with E-state index in [0.29, 0.717) is 16.9 Å². The van der Waals surface area contributed by atoms with E-state index >= 15 is 0 Å². The van der Waals surface area contributed by atoms with Gasteiger partial charge in [-0.2, -0.15) is 5.11 Å². The summed E-state index contributed by atoms with van der Waals surface area (Å²) >= 11 is 0. The maximum absolute atomic E-state index is 11.1. The number of sulfonamides is 1. The van der Waals surface area contributed by atoms with Gasteiger partial charge in [-0.1, -0.05) is 6.07 Å². The monoisotopic (exact) mass is 305 g/mol. The largest absolute Gasteiger partial charge is 0.505 e. The molecule has 0 saturated carbocycles. The van der Waals surface area contributed by atoms with Gasteiger partial charge < -0.3 is 5.11 Å². The van der Waals surface area contributed by atoms with Crippen LogP contribution >= 0.6 is 0 Å². The van der Waals surface area contributed by atoms with E-state index in [0.717, 1.165) is 5.56 Å². The molecule has 110 valence electrons. The summed E-state index contributed by atoms with van der Waals surface area (Å²) in [6.07, 6.45) is 0. The van der Waals surface area contributed by atoms with Gasteiger partial charge in [0.2, 0.25) is 10.0 Å². The maximum atomic E-state index is 11.1. The molecule has 0 aliphatic heterocycles. The molecule has 21 heavy (non-hydrogen) atoms. The Morgan fingerprint density at radius 2 is 1.67 bits per heavy atom. The molecule has 0 fully saturated rings. The molecule has 0 atom stereocenters. The molecule has 2 aromatic rings. The van der Waals surface area contributed by atoms with E-state index < -0.39 is 10.0 Å². The Kier molecular flexibility index (Phi) is 4.06. The molecular formula is C14H15N3O3S. The summed E-state index contributed by atoms with van der Waals surface area (Å²) in [5, 5.41) is 22.9. The van der Waals surface area contributed by atoms with Crippen LogP contribution in [0, 0.1) is 13.8 Å². The highest BCUT2D eigenvalue weighted by Crippen LogP contribution is 2.32. The van der Waals surface area contributed by atoms with Gasteiger partial charge in [0.15, 0.2) is 0 Å². The van der Waals surface area contributed by atoms with Crippen molar-refractivity contribution in [2.24, 2.45) is 15.4 Å². The Labute approximate surface area is 123 Å². The lowest BCUT2D eigenvalue weighted by atomic mass is 10.1. The first-order valence-electron chi connectivity index (χ1n) is 6.12. The summed E-state index contributed by atoms with van der Waals surface area (Å²) in [5.41, 5.74) is 2.50. The summed E-state index contributed by atoms with van der Waals surface area (Å²) in [6.45, 7) is 3.68. The molecule has 2 aromatic carbocycles. The van der Waals surface area contributed by atoms with E-state index in [2.05, 4.69) is 10.2 Å². The van der Waals surface area contributed by atoms with Crippen LogP contribution in [0.15, 0.2) is 51.5 Å². The first-order valence-corrected chi connectivity index (χ1v) is 7.67. The van der Waals surface area contributed by atoms with Gasteiger partial charge in [0.05, 0.1) is 10.6 Å². The van der Waals surface area contributed by atoms with Crippen molar-refractivity contribution in [1.82, 2.24) is 0 Å². The molecule has 0 aliphatic rings. The van der Waals surface area contributed by atoms with Crippen LogP contribution in [0.4, 0.5) is 11.4 Å². The van der Waals surface area contributed by atoms with Crippen LogP contribution in [0.5, 0.6) is 5.75 Å². The number of benzene rings is 2. The van der Waals surface area contributed by atoms with Crippen molar-refractivity contribution >= 4 is 21.4 Å². The zero-order chi connectivity index (χ0) is 15.6. The first-order chi connectivity index (χ1) is 9.77. The summed E-state index contributed by atoms with van der Waals surface area (Å²) in [6, 6.07) is 9.24. The van der Waals surface area contributed by atoms with Crippen molar-refractivity contribution in [2.45, 2.75) is 18.7 Å². The zero-order valence-corrected chi connectivity index (χ0v) is 12.4. The Balaban J connectivity index is 2.30. The summed E-state index contributed by atoms with van der Waals surface area (Å²) in [5.74, 6) is 0.0745. The number of nitrogens with zero attached hydrogens (tertiary/aromatic N) is 2. The molecule has 0 aromatic heterocycles. The first kappa shape index (κ1) is 15.1. The number of hydrogen-bond donors (Lipinski definition) is 2. The lowest BCUT2D eigenvalue weighted by molar-refractivity contribution is 0.472. The van der Waals surface area contributed by atoms with Gasteiger partial charge in [0, 0.05) is 0 Å². The van der Waals surface area contributed by atoms with Gasteiger partial charge in [0.25, 0.3) is 0 Å². The number of nitrogens with two attached hydrogens (primary N) is 1. The number of aromatic hydroxyl groups is 1. The number of phenolic OH excluding ortho intramolecular Hbond substituents is 1. The molecular weight excluding hydrogens is 290 g/mol. The van der Waals surface area contributed by atoms with Gasteiger partial charge >= 0.3 is 0 Å². The van der Waals surface area contributed by atoms with Crippen LogP contribution in [-0.2, 0) is 10.0 Å². The van der Waals surface area contributed by atoms with Crippen molar-refractivity contribution in [2.75, 3.05) is 0 Å². The lowest BCUT2D eigenvalue weighted by Gasteiger charge is -2.03. The normalized spacial score (nSPS) is 12.0. The van der Waals surface area contributed by atoms with Crippen molar-refractivity contribution in [3.8, 4) is 5.75 Å². The number of rotatable bonds is 3. The van der Waals surface area contributed by atoms with E-state index in [-0.39, 0.29) is 10.6 Å². The van der Waals surface area contributed by atoms with Crippen molar-refractivity contribution in [3.05, 3.63) is 47.5 Å². The molecule has 0 amide bonds. The Morgan fingerprint density at radius 1 is 1.05 bits per heavy atom. The minimum absolute atomic E-state index is 0.00990. The second-order valence-corrected chi connectivity index (χ2v) is 6.25. The third kappa shape index (κ3) is 3.65. The van der Waals surface area contributed by atoms with Crippen LogP contribution < -0.4 is 5.14 Å². The second-order valence-electron chi connectivity index (χ2n) is 4.69. The zero-order valence-electron chi connectivity index (χ0n) is 11.6. The predicted molar refractivity (Wildman–Crippen MR) is 79.6 cm³/mol. The average Bonchev–Trinajstić information content (AvgIpc) is 2.40. The quantitative estimate of drug-likeness (QED) is 0.851. The van der Waals surface area contributed by atoms with Gasteiger partial charge in [-0.15, -0.1) is 5.11 Å². The fraction of sp³-hybridized carbons (Fsp3) is 0.143. The third-order valence-electron chi connectivity index (χ3n) is 2.86. The minimum atomic E-state index is -3.72. The Hall–Kier alpha value is -2.25. The molecule has 7 heteroatoms. The van der Waals surface area contributed by atoms with Crippen LogP contribution in [0.2, 0.25) is 0 Å². The molecule has 2 rings (SSSR count). The summed E-state index contributed by atoms with van der Waals surface area (Å²) in [7, 11) is -3.72. The topological polar surface area (TPSA) is 105 Å². The smallest absolute Gasteiger partial charge is 0.238 e. The Bertz CT molecular complexity index is 797. The van der Waals surface area contributed by atoms with Gasteiger partial charge in [-0.3, -0.25) is 0 Å². The lowest BCUT2D eigenvalue weighted by Crippen LogP contribution is -2.11. The predicted octanol–water partition coefficient (Wildman–Crippen LogP) is 3.07. The van der Waals surface area contributed by atoms with Crippen LogP contribution in [0.3, 0.4) is 0 Å². The van der Waals surface area contributed by atoms with Crippen LogP contribution in [0.1, 0.15) is 11.1 Å². The van der Waals surface area contributed by atoms with E-state index in [4.69, 9.17) is 5.14 Å². The number of phenols is 1. The number of primary sulfonamides is 1. The SMILES string of the molecule is Cc1cc(C)c(O)c(N=Nc2ccc(S(N)(=O)=O)cc2)c1. The molecule has 0 spiro atoms. The Morgan fingerprint density at radius 3 is 2.24 bits per heavy atom. The minimum Gasteiger partial charge on any atom is -0.505 e. The number of hydrogen-bond acceptors (Lipinski definition) is 5. The van der Waals surface area contributed by atoms with Crippen LogP contribution in [0.25, 0.3) is 0 Å².